The first-order valence-electron chi connectivity index (χ1n) is 11.4. The molecule has 0 aliphatic carbocycles. The number of unbranched alkanes of at least 4 members (excludes halogenated alkanes) is 2. The molecule has 2 saturated heterocycles. The fourth-order valence-corrected chi connectivity index (χ4v) is 4.64. The summed E-state index contributed by atoms with van der Waals surface area (Å²) < 4.78 is 0. The Morgan fingerprint density at radius 3 is 1.37 bits per heavy atom. The number of fused-ring (bicyclic) bond motifs is 1. The van der Waals surface area contributed by atoms with Gasteiger partial charge in [0.2, 0.25) is 11.8 Å². The topological polar surface area (TPSA) is 40.6 Å². The Kier molecular flexibility index (Phi) is 6.21. The maximum Gasteiger partial charge on any atom is 0.232 e. The molecule has 0 saturated carbocycles. The lowest BCUT2D eigenvalue weighted by Gasteiger charge is -2.22. The first-order valence-corrected chi connectivity index (χ1v) is 11.4. The van der Waals surface area contributed by atoms with Gasteiger partial charge in [0.25, 0.3) is 0 Å². The van der Waals surface area contributed by atoms with Gasteiger partial charge in [-0.15, -0.1) is 0 Å². The van der Waals surface area contributed by atoms with E-state index in [0.29, 0.717) is 13.1 Å². The van der Waals surface area contributed by atoms with Crippen LogP contribution in [0.25, 0.3) is 0 Å². The summed E-state index contributed by atoms with van der Waals surface area (Å²) in [5, 5.41) is 0. The zero-order chi connectivity index (χ0) is 21.1. The van der Waals surface area contributed by atoms with Crippen LogP contribution in [-0.2, 0) is 22.4 Å². The predicted octanol–water partition coefficient (Wildman–Crippen LogP) is 5.00. The summed E-state index contributed by atoms with van der Waals surface area (Å²) in [5.74, 6) is -0.317. The fourth-order valence-electron chi connectivity index (χ4n) is 4.64. The van der Waals surface area contributed by atoms with Gasteiger partial charge in [-0.2, -0.15) is 0 Å². The second-order valence-electron chi connectivity index (χ2n) is 8.65. The molecule has 4 nitrogen and oxygen atoms in total. The second-order valence-corrected chi connectivity index (χ2v) is 8.65. The van der Waals surface area contributed by atoms with Crippen LogP contribution in [0, 0.1) is 11.8 Å². The standard InChI is InChI=1S/C26H32N2O2/c1-3-5-7-19-9-13-21(14-10-19)27-17-23-24(25(27)29)18-28(26(23)30)22-15-11-20(12-16-22)8-6-4-2/h9-16,23-24H,3-8,17-18H2,1-2H3. The maximum atomic E-state index is 13.1. The highest BCUT2D eigenvalue weighted by atomic mass is 16.2. The third-order valence-electron chi connectivity index (χ3n) is 6.54. The largest absolute Gasteiger partial charge is 0.311 e. The molecule has 4 heteroatoms. The Balaban J connectivity index is 1.43. The number of hydrogen-bond acceptors (Lipinski definition) is 2. The number of amides is 2. The SMILES string of the molecule is CCCCc1ccc(N2CC3C(=O)N(c4ccc(CCCC)cc4)CC3C2=O)cc1. The zero-order valence-electron chi connectivity index (χ0n) is 18.1. The van der Waals surface area contributed by atoms with Crippen LogP contribution < -0.4 is 9.80 Å². The molecule has 2 aromatic carbocycles. The molecule has 2 amide bonds. The third-order valence-corrected chi connectivity index (χ3v) is 6.54. The molecule has 2 fully saturated rings. The molecular weight excluding hydrogens is 372 g/mol. The molecule has 0 aromatic heterocycles. The van der Waals surface area contributed by atoms with Crippen LogP contribution in [0.1, 0.15) is 50.7 Å². The zero-order valence-corrected chi connectivity index (χ0v) is 18.1. The van der Waals surface area contributed by atoms with E-state index in [4.69, 9.17) is 0 Å². The van der Waals surface area contributed by atoms with Crippen LogP contribution in [0.4, 0.5) is 11.4 Å². The van der Waals surface area contributed by atoms with Gasteiger partial charge in [-0.1, -0.05) is 51.0 Å². The molecule has 30 heavy (non-hydrogen) atoms. The molecule has 2 unspecified atom stereocenters. The van der Waals surface area contributed by atoms with Crippen LogP contribution in [-0.4, -0.2) is 24.9 Å². The lowest BCUT2D eigenvalue weighted by atomic mass is 10.00. The molecule has 0 spiro atoms. The number of benzene rings is 2. The first-order chi connectivity index (χ1) is 14.6. The summed E-state index contributed by atoms with van der Waals surface area (Å²) in [6.07, 6.45) is 6.85. The molecular formula is C26H32N2O2. The molecule has 2 atom stereocenters. The van der Waals surface area contributed by atoms with Crippen LogP contribution in [0.3, 0.4) is 0 Å². The minimum Gasteiger partial charge on any atom is -0.311 e. The van der Waals surface area contributed by atoms with Crippen molar-refractivity contribution in [3.63, 3.8) is 0 Å². The normalized spacial score (nSPS) is 20.9. The Morgan fingerprint density at radius 2 is 1.03 bits per heavy atom. The van der Waals surface area contributed by atoms with E-state index in [2.05, 4.69) is 38.1 Å². The van der Waals surface area contributed by atoms with Crippen molar-refractivity contribution in [2.45, 2.75) is 52.4 Å². The molecule has 4 rings (SSSR count). The lowest BCUT2D eigenvalue weighted by Crippen LogP contribution is -2.35. The van der Waals surface area contributed by atoms with Crippen LogP contribution in [0.5, 0.6) is 0 Å². The van der Waals surface area contributed by atoms with Crippen molar-refractivity contribution < 1.29 is 9.59 Å². The summed E-state index contributed by atoms with van der Waals surface area (Å²) in [4.78, 5) is 29.8. The molecule has 2 aliphatic heterocycles. The minimum absolute atomic E-state index is 0.0803. The van der Waals surface area contributed by atoms with Gasteiger partial charge in [0.05, 0.1) is 11.8 Å². The van der Waals surface area contributed by atoms with Gasteiger partial charge in [0.15, 0.2) is 0 Å². The van der Waals surface area contributed by atoms with Gasteiger partial charge in [-0.3, -0.25) is 9.59 Å². The summed E-state index contributed by atoms with van der Waals surface area (Å²) >= 11 is 0. The van der Waals surface area contributed by atoms with Crippen molar-refractivity contribution in [1.29, 1.82) is 0 Å². The molecule has 158 valence electrons. The van der Waals surface area contributed by atoms with Gasteiger partial charge < -0.3 is 9.80 Å². The van der Waals surface area contributed by atoms with E-state index in [1.54, 1.807) is 0 Å². The number of nitrogens with zero attached hydrogens (tertiary/aromatic N) is 2. The highest BCUT2D eigenvalue weighted by molar-refractivity contribution is 6.09. The van der Waals surface area contributed by atoms with Crippen molar-refractivity contribution in [3.05, 3.63) is 59.7 Å². The van der Waals surface area contributed by atoms with Gasteiger partial charge in [-0.05, 0) is 61.1 Å². The number of anilines is 2. The molecule has 0 N–H and O–H groups in total. The van der Waals surface area contributed by atoms with E-state index >= 15 is 0 Å². The first kappa shape index (κ1) is 20.6. The highest BCUT2D eigenvalue weighted by Gasteiger charge is 2.52. The number of aryl methyl sites for hydroxylation is 2. The molecule has 2 aliphatic rings. The molecule has 0 radical (unpaired) electrons. The van der Waals surface area contributed by atoms with Gasteiger partial charge >= 0.3 is 0 Å². The van der Waals surface area contributed by atoms with E-state index in [9.17, 15) is 9.59 Å². The Hall–Kier alpha value is -2.62. The summed E-state index contributed by atoms with van der Waals surface area (Å²) in [7, 11) is 0. The smallest absolute Gasteiger partial charge is 0.232 e. The van der Waals surface area contributed by atoms with E-state index in [-0.39, 0.29) is 23.7 Å². The predicted molar refractivity (Wildman–Crippen MR) is 122 cm³/mol. The number of rotatable bonds is 8. The van der Waals surface area contributed by atoms with Crippen LogP contribution in [0.15, 0.2) is 48.5 Å². The number of carbonyl (C=O) groups is 2. The van der Waals surface area contributed by atoms with Crippen molar-refractivity contribution in [2.75, 3.05) is 22.9 Å². The van der Waals surface area contributed by atoms with Crippen LogP contribution >= 0.6 is 0 Å². The Bertz CT molecular complexity index is 813. The quantitative estimate of drug-likeness (QED) is 0.621. The molecule has 0 bridgehead atoms. The summed E-state index contributed by atoms with van der Waals surface area (Å²) in [6, 6.07) is 16.6. The highest BCUT2D eigenvalue weighted by Crippen LogP contribution is 2.38. The van der Waals surface area contributed by atoms with E-state index in [1.807, 2.05) is 34.1 Å². The molecule has 2 heterocycles. The Labute approximate surface area is 179 Å². The van der Waals surface area contributed by atoms with Gasteiger partial charge in [0.1, 0.15) is 0 Å². The number of carbonyl (C=O) groups excluding carboxylic acids is 2. The van der Waals surface area contributed by atoms with Crippen molar-refractivity contribution >= 4 is 23.2 Å². The maximum absolute atomic E-state index is 13.1. The average Bonchev–Trinajstić information content (AvgIpc) is 3.28. The van der Waals surface area contributed by atoms with Crippen molar-refractivity contribution in [3.8, 4) is 0 Å². The average molecular weight is 405 g/mol. The van der Waals surface area contributed by atoms with Crippen molar-refractivity contribution in [2.24, 2.45) is 11.8 Å². The van der Waals surface area contributed by atoms with E-state index < -0.39 is 0 Å². The molecule has 2 aromatic rings. The lowest BCUT2D eigenvalue weighted by molar-refractivity contribution is -0.123. The Morgan fingerprint density at radius 1 is 0.667 bits per heavy atom. The monoisotopic (exact) mass is 404 g/mol. The summed E-state index contributed by atoms with van der Waals surface area (Å²) in [5.41, 5.74) is 4.43. The minimum atomic E-state index is -0.239. The van der Waals surface area contributed by atoms with E-state index in [1.165, 1.54) is 36.8 Å². The third kappa shape index (κ3) is 4.00. The van der Waals surface area contributed by atoms with Gasteiger partial charge in [0, 0.05) is 24.5 Å². The van der Waals surface area contributed by atoms with Crippen LogP contribution in [0.2, 0.25) is 0 Å². The van der Waals surface area contributed by atoms with Crippen molar-refractivity contribution in [1.82, 2.24) is 0 Å². The second kappa shape index (κ2) is 9.03. The van der Waals surface area contributed by atoms with Gasteiger partial charge in [-0.25, -0.2) is 0 Å². The number of hydrogen-bond donors (Lipinski definition) is 0. The fraction of sp³-hybridized carbons (Fsp3) is 0.462. The van der Waals surface area contributed by atoms with E-state index in [0.717, 1.165) is 24.2 Å². The summed E-state index contributed by atoms with van der Waals surface area (Å²) in [6.45, 7) is 5.36.